The summed E-state index contributed by atoms with van der Waals surface area (Å²) >= 11 is 0. The quantitative estimate of drug-likeness (QED) is 0.406. The number of methoxy groups -OCH3 is 2. The number of rotatable bonds is 13. The van der Waals surface area contributed by atoms with Gasteiger partial charge in [-0.1, -0.05) is 26.7 Å². The zero-order chi connectivity index (χ0) is 24.2. The highest BCUT2D eigenvalue weighted by atomic mass is 19.1. The van der Waals surface area contributed by atoms with Crippen LogP contribution in [0, 0.1) is 11.7 Å². The first-order chi connectivity index (χ1) is 15.9. The van der Waals surface area contributed by atoms with Crippen LogP contribution in [0.2, 0.25) is 0 Å². The van der Waals surface area contributed by atoms with Crippen molar-refractivity contribution in [3.63, 3.8) is 0 Å². The lowest BCUT2D eigenvalue weighted by Gasteiger charge is -2.26. The van der Waals surface area contributed by atoms with E-state index in [-0.39, 0.29) is 31.6 Å². The number of nitrogens with one attached hydrogen (secondary N) is 1. The average molecular weight is 463 g/mol. The van der Waals surface area contributed by atoms with E-state index < -0.39 is 5.82 Å². The van der Waals surface area contributed by atoms with Crippen LogP contribution < -0.4 is 19.5 Å². The Bertz CT molecular complexity index is 893. The summed E-state index contributed by atoms with van der Waals surface area (Å²) < 4.78 is 30.4. The molecule has 1 atom stereocenters. The lowest BCUT2D eigenvalue weighted by atomic mass is 10.1. The first kappa shape index (κ1) is 26.3. The summed E-state index contributed by atoms with van der Waals surface area (Å²) in [4.78, 5) is 14.7. The van der Waals surface area contributed by atoms with Gasteiger partial charge in [-0.2, -0.15) is 0 Å². The van der Waals surface area contributed by atoms with Gasteiger partial charge in [0.05, 0.1) is 27.4 Å². The molecule has 2 aromatic rings. The molecule has 2 amide bonds. The van der Waals surface area contributed by atoms with Crippen LogP contribution in [0.4, 0.5) is 14.9 Å². The molecular weight excluding hydrogens is 427 g/mol. The third kappa shape index (κ3) is 8.13. The van der Waals surface area contributed by atoms with E-state index in [1.807, 2.05) is 6.92 Å². The second-order valence-corrected chi connectivity index (χ2v) is 7.98. The smallest absolute Gasteiger partial charge is 0.322 e. The number of hydrogen-bond acceptors (Lipinski definition) is 5. The summed E-state index contributed by atoms with van der Waals surface area (Å²) in [7, 11) is 3.06. The number of aliphatic hydroxyl groups is 1. The van der Waals surface area contributed by atoms with Crippen molar-refractivity contribution in [3.05, 3.63) is 47.8 Å². The highest BCUT2D eigenvalue weighted by molar-refractivity contribution is 5.89. The maximum atomic E-state index is 13.8. The molecule has 2 aromatic carbocycles. The summed E-state index contributed by atoms with van der Waals surface area (Å²) in [6.45, 7) is 4.83. The summed E-state index contributed by atoms with van der Waals surface area (Å²) in [5.74, 6) is 1.04. The van der Waals surface area contributed by atoms with E-state index in [0.29, 0.717) is 35.1 Å². The van der Waals surface area contributed by atoms with Gasteiger partial charge >= 0.3 is 6.03 Å². The number of urea groups is 1. The summed E-state index contributed by atoms with van der Waals surface area (Å²) in [5, 5.41) is 12.4. The molecule has 0 spiro atoms. The molecule has 8 heteroatoms. The second-order valence-electron chi connectivity index (χ2n) is 7.98. The summed E-state index contributed by atoms with van der Waals surface area (Å²) in [6.07, 6.45) is 3.09. The molecule has 0 aliphatic carbocycles. The van der Waals surface area contributed by atoms with Crippen LogP contribution in [0.5, 0.6) is 17.2 Å². The molecule has 1 unspecified atom stereocenters. The van der Waals surface area contributed by atoms with Gasteiger partial charge in [0.1, 0.15) is 11.6 Å². The molecule has 0 fully saturated rings. The molecule has 0 aromatic heterocycles. The standard InChI is InChI=1S/C25H35FN2O5/c1-5-6-7-12-33-24-14-21(9-11-23(24)32-4)27-25(30)28(15-18(2)17-29)16-19-13-20(26)8-10-22(19)31-3/h8-11,13-14,18,29H,5-7,12,15-17H2,1-4H3,(H,27,30). The van der Waals surface area contributed by atoms with Crippen molar-refractivity contribution in [1.29, 1.82) is 0 Å². The number of nitrogens with zero attached hydrogens (tertiary/aromatic N) is 1. The molecule has 2 N–H and O–H groups in total. The summed E-state index contributed by atoms with van der Waals surface area (Å²) in [6, 6.07) is 8.98. The van der Waals surface area contributed by atoms with E-state index in [4.69, 9.17) is 14.2 Å². The van der Waals surface area contributed by atoms with E-state index in [9.17, 15) is 14.3 Å². The number of carbonyl (C=O) groups excluding carboxylic acids is 1. The molecule has 0 radical (unpaired) electrons. The third-order valence-electron chi connectivity index (χ3n) is 5.15. The predicted molar refractivity (Wildman–Crippen MR) is 127 cm³/mol. The number of unbranched alkanes of at least 4 members (excludes halogenated alkanes) is 2. The molecule has 0 aliphatic heterocycles. The first-order valence-electron chi connectivity index (χ1n) is 11.2. The normalized spacial score (nSPS) is 11.6. The Labute approximate surface area is 195 Å². The van der Waals surface area contributed by atoms with Gasteiger partial charge in [-0.25, -0.2) is 9.18 Å². The Kier molecular flexibility index (Phi) is 10.8. The van der Waals surface area contributed by atoms with Gasteiger partial charge in [0.15, 0.2) is 11.5 Å². The van der Waals surface area contributed by atoms with Crippen molar-refractivity contribution in [2.45, 2.75) is 39.7 Å². The first-order valence-corrected chi connectivity index (χ1v) is 11.2. The van der Waals surface area contributed by atoms with Gasteiger partial charge in [-0.15, -0.1) is 0 Å². The number of aliphatic hydroxyl groups excluding tert-OH is 1. The van der Waals surface area contributed by atoms with Gasteiger partial charge in [0.25, 0.3) is 0 Å². The van der Waals surface area contributed by atoms with Gasteiger partial charge in [-0.05, 0) is 42.7 Å². The minimum Gasteiger partial charge on any atom is -0.496 e. The SMILES string of the molecule is CCCCCOc1cc(NC(=O)N(Cc2cc(F)ccc2OC)CC(C)CO)ccc1OC. The van der Waals surface area contributed by atoms with Gasteiger partial charge in [0.2, 0.25) is 0 Å². The molecule has 0 aliphatic rings. The second kappa shape index (κ2) is 13.5. The van der Waals surface area contributed by atoms with E-state index in [0.717, 1.165) is 19.3 Å². The Balaban J connectivity index is 2.20. The lowest BCUT2D eigenvalue weighted by molar-refractivity contribution is 0.172. The molecule has 0 saturated carbocycles. The summed E-state index contributed by atoms with van der Waals surface area (Å²) in [5.41, 5.74) is 1.08. The predicted octanol–water partition coefficient (Wildman–Crippen LogP) is 5.07. The van der Waals surface area contributed by atoms with Gasteiger partial charge in [0, 0.05) is 30.5 Å². The highest BCUT2D eigenvalue weighted by Gasteiger charge is 2.20. The number of anilines is 1. The van der Waals surface area contributed by atoms with Crippen LogP contribution in [0.1, 0.15) is 38.7 Å². The minimum atomic E-state index is -0.415. The molecule has 0 saturated heterocycles. The fourth-order valence-electron chi connectivity index (χ4n) is 3.33. The maximum Gasteiger partial charge on any atom is 0.322 e. The topological polar surface area (TPSA) is 80.3 Å². The maximum absolute atomic E-state index is 13.8. The van der Waals surface area contributed by atoms with Crippen molar-refractivity contribution < 1.29 is 28.5 Å². The number of ether oxygens (including phenoxy) is 3. The number of amides is 2. The van der Waals surface area contributed by atoms with Crippen LogP contribution in [0.25, 0.3) is 0 Å². The minimum absolute atomic E-state index is 0.0810. The largest absolute Gasteiger partial charge is 0.496 e. The Morgan fingerprint density at radius 3 is 2.48 bits per heavy atom. The van der Waals surface area contributed by atoms with E-state index >= 15 is 0 Å². The molecule has 182 valence electrons. The Morgan fingerprint density at radius 1 is 1.09 bits per heavy atom. The van der Waals surface area contributed by atoms with E-state index in [2.05, 4.69) is 12.2 Å². The van der Waals surface area contributed by atoms with E-state index in [1.165, 1.54) is 30.2 Å². The zero-order valence-corrected chi connectivity index (χ0v) is 19.9. The van der Waals surface area contributed by atoms with Crippen molar-refractivity contribution in [3.8, 4) is 17.2 Å². The molecule has 0 bridgehead atoms. The molecule has 0 heterocycles. The monoisotopic (exact) mass is 462 g/mol. The molecular formula is C25H35FN2O5. The number of hydrogen-bond donors (Lipinski definition) is 2. The number of halogens is 1. The van der Waals surface area contributed by atoms with Crippen molar-refractivity contribution in [2.75, 3.05) is 39.3 Å². The fraction of sp³-hybridized carbons (Fsp3) is 0.480. The van der Waals surface area contributed by atoms with Crippen LogP contribution in [-0.4, -0.2) is 50.0 Å². The van der Waals surface area contributed by atoms with Crippen molar-refractivity contribution >= 4 is 11.7 Å². The number of carbonyl (C=O) groups is 1. The van der Waals surface area contributed by atoms with Crippen molar-refractivity contribution in [1.82, 2.24) is 4.90 Å². The Morgan fingerprint density at radius 2 is 1.82 bits per heavy atom. The van der Waals surface area contributed by atoms with Gasteiger partial charge in [-0.3, -0.25) is 0 Å². The fourth-order valence-corrected chi connectivity index (χ4v) is 3.33. The molecule has 2 rings (SSSR count). The van der Waals surface area contributed by atoms with Crippen LogP contribution in [0.15, 0.2) is 36.4 Å². The van der Waals surface area contributed by atoms with Crippen LogP contribution in [-0.2, 0) is 6.54 Å². The van der Waals surface area contributed by atoms with Gasteiger partial charge < -0.3 is 29.5 Å². The number of benzene rings is 2. The van der Waals surface area contributed by atoms with Crippen LogP contribution >= 0.6 is 0 Å². The molecule has 33 heavy (non-hydrogen) atoms. The lowest BCUT2D eigenvalue weighted by Crippen LogP contribution is -2.38. The van der Waals surface area contributed by atoms with Crippen molar-refractivity contribution in [2.24, 2.45) is 5.92 Å². The van der Waals surface area contributed by atoms with E-state index in [1.54, 1.807) is 25.3 Å². The zero-order valence-electron chi connectivity index (χ0n) is 19.9. The third-order valence-corrected chi connectivity index (χ3v) is 5.15. The highest BCUT2D eigenvalue weighted by Crippen LogP contribution is 2.31. The van der Waals surface area contributed by atoms with Crippen LogP contribution in [0.3, 0.4) is 0 Å². The Hall–Kier alpha value is -3.00. The molecule has 7 nitrogen and oxygen atoms in total. The average Bonchev–Trinajstić information content (AvgIpc) is 2.81.